The van der Waals surface area contributed by atoms with Crippen LogP contribution in [-0.2, 0) is 4.74 Å². The van der Waals surface area contributed by atoms with Gasteiger partial charge in [0, 0.05) is 6.54 Å². The van der Waals surface area contributed by atoms with Crippen LogP contribution >= 0.6 is 11.3 Å². The zero-order valence-electron chi connectivity index (χ0n) is 10.6. The number of fused-ring (bicyclic) bond motifs is 1. The van der Waals surface area contributed by atoms with E-state index in [1.807, 2.05) is 31.2 Å². The molecule has 3 nitrogen and oxygen atoms in total. The van der Waals surface area contributed by atoms with Gasteiger partial charge in [0.1, 0.15) is 11.6 Å². The first-order valence-corrected chi connectivity index (χ1v) is 6.93. The number of para-hydroxylation sites is 1. The summed E-state index contributed by atoms with van der Waals surface area (Å²) < 4.78 is 29.7. The van der Waals surface area contributed by atoms with Crippen LogP contribution in [0.2, 0.25) is 0 Å². The van der Waals surface area contributed by atoms with Crippen molar-refractivity contribution in [3.63, 3.8) is 0 Å². The van der Waals surface area contributed by atoms with Gasteiger partial charge in [-0.3, -0.25) is 0 Å². The smallest absolute Gasteiger partial charge is 0.261 e. The molecule has 2 rings (SSSR count). The summed E-state index contributed by atoms with van der Waals surface area (Å²) in [6.07, 6.45) is -2.40. The summed E-state index contributed by atoms with van der Waals surface area (Å²) in [6.45, 7) is 2.31. The summed E-state index contributed by atoms with van der Waals surface area (Å²) in [5, 5.41) is 4.21. The summed E-state index contributed by atoms with van der Waals surface area (Å²) in [4.78, 5) is 4.53. The monoisotopic (exact) mass is 286 g/mol. The van der Waals surface area contributed by atoms with Crippen molar-refractivity contribution in [3.05, 3.63) is 29.3 Å². The van der Waals surface area contributed by atoms with E-state index in [2.05, 4.69) is 10.3 Å². The number of halogens is 2. The van der Waals surface area contributed by atoms with Crippen LogP contribution in [0.3, 0.4) is 0 Å². The Morgan fingerprint density at radius 2 is 2.16 bits per heavy atom. The van der Waals surface area contributed by atoms with Gasteiger partial charge >= 0.3 is 0 Å². The van der Waals surface area contributed by atoms with Crippen LogP contribution in [0, 0.1) is 0 Å². The fourth-order valence-electron chi connectivity index (χ4n) is 1.68. The standard InChI is InChI=1S/C13H16F2N2OS/c1-9(16-6-7-18-8-12(14)15)13-17-10-4-2-3-5-11(10)19-13/h2-5,9,12,16H,6-8H2,1H3. The molecule has 6 heteroatoms. The van der Waals surface area contributed by atoms with Crippen molar-refractivity contribution in [2.45, 2.75) is 19.4 Å². The van der Waals surface area contributed by atoms with Gasteiger partial charge < -0.3 is 10.1 Å². The molecular formula is C13H16F2N2OS. The minimum absolute atomic E-state index is 0.0903. The first-order chi connectivity index (χ1) is 9.16. The normalized spacial score (nSPS) is 13.3. The molecule has 0 saturated heterocycles. The van der Waals surface area contributed by atoms with Crippen molar-refractivity contribution in [2.24, 2.45) is 0 Å². The Morgan fingerprint density at radius 3 is 2.89 bits per heavy atom. The summed E-state index contributed by atoms with van der Waals surface area (Å²) in [6, 6.07) is 8.05. The fourth-order valence-corrected chi connectivity index (χ4v) is 2.68. The molecule has 0 aliphatic heterocycles. The quantitative estimate of drug-likeness (QED) is 0.794. The highest BCUT2D eigenvalue weighted by Crippen LogP contribution is 2.25. The maximum atomic E-state index is 11.9. The number of benzene rings is 1. The molecule has 0 saturated carbocycles. The molecule has 19 heavy (non-hydrogen) atoms. The summed E-state index contributed by atoms with van der Waals surface area (Å²) in [7, 11) is 0. The molecule has 0 radical (unpaired) electrons. The van der Waals surface area contributed by atoms with Crippen LogP contribution in [0.5, 0.6) is 0 Å². The van der Waals surface area contributed by atoms with E-state index in [0.717, 1.165) is 15.2 Å². The highest BCUT2D eigenvalue weighted by Gasteiger charge is 2.10. The van der Waals surface area contributed by atoms with Crippen LogP contribution in [0.1, 0.15) is 18.0 Å². The average Bonchev–Trinajstić information content (AvgIpc) is 2.81. The van der Waals surface area contributed by atoms with Crippen molar-refractivity contribution in [1.29, 1.82) is 0 Å². The molecule has 0 bridgehead atoms. The number of aromatic nitrogens is 1. The van der Waals surface area contributed by atoms with Crippen LogP contribution in [0.25, 0.3) is 10.2 Å². The molecule has 1 heterocycles. The number of hydrogen-bond acceptors (Lipinski definition) is 4. The van der Waals surface area contributed by atoms with E-state index >= 15 is 0 Å². The van der Waals surface area contributed by atoms with Crippen LogP contribution in [-0.4, -0.2) is 31.2 Å². The van der Waals surface area contributed by atoms with Gasteiger partial charge in [0.05, 0.1) is 22.9 Å². The molecular weight excluding hydrogens is 270 g/mol. The van der Waals surface area contributed by atoms with Crippen LogP contribution < -0.4 is 5.32 Å². The SMILES string of the molecule is CC(NCCOCC(F)F)c1nc2ccccc2s1. The Labute approximate surface area is 114 Å². The lowest BCUT2D eigenvalue weighted by molar-refractivity contribution is 0.0183. The third-order valence-corrected chi connectivity index (χ3v) is 3.84. The zero-order valence-corrected chi connectivity index (χ0v) is 11.4. The number of rotatable bonds is 7. The van der Waals surface area contributed by atoms with Crippen LogP contribution in [0.15, 0.2) is 24.3 Å². The Morgan fingerprint density at radius 1 is 1.37 bits per heavy atom. The summed E-state index contributed by atoms with van der Waals surface area (Å²) in [5.41, 5.74) is 0.991. The molecule has 1 N–H and O–H groups in total. The van der Waals surface area contributed by atoms with Gasteiger partial charge in [0.2, 0.25) is 0 Å². The second-order valence-corrected chi connectivity index (χ2v) is 5.22. The number of nitrogens with zero attached hydrogens (tertiary/aromatic N) is 1. The second kappa shape index (κ2) is 6.88. The maximum Gasteiger partial charge on any atom is 0.261 e. The van der Waals surface area contributed by atoms with E-state index in [1.54, 1.807) is 11.3 Å². The zero-order chi connectivity index (χ0) is 13.7. The van der Waals surface area contributed by atoms with Crippen molar-refractivity contribution >= 4 is 21.6 Å². The molecule has 1 aromatic heterocycles. The second-order valence-electron chi connectivity index (χ2n) is 4.16. The Kier molecular flexibility index (Phi) is 5.18. The van der Waals surface area contributed by atoms with Gasteiger partial charge in [-0.2, -0.15) is 0 Å². The van der Waals surface area contributed by atoms with Gasteiger partial charge in [0.25, 0.3) is 6.43 Å². The van der Waals surface area contributed by atoms with E-state index in [9.17, 15) is 8.78 Å². The number of ether oxygens (including phenoxy) is 1. The average molecular weight is 286 g/mol. The molecule has 0 fully saturated rings. The lowest BCUT2D eigenvalue weighted by Gasteiger charge is -2.10. The van der Waals surface area contributed by atoms with E-state index in [-0.39, 0.29) is 12.6 Å². The largest absolute Gasteiger partial charge is 0.374 e. The van der Waals surface area contributed by atoms with E-state index in [0.29, 0.717) is 6.54 Å². The Hall–Kier alpha value is -1.11. The van der Waals surface area contributed by atoms with Gasteiger partial charge in [0.15, 0.2) is 0 Å². The van der Waals surface area contributed by atoms with E-state index < -0.39 is 13.0 Å². The molecule has 1 atom stereocenters. The topological polar surface area (TPSA) is 34.1 Å². The fraction of sp³-hybridized carbons (Fsp3) is 0.462. The minimum Gasteiger partial charge on any atom is -0.374 e. The van der Waals surface area contributed by atoms with Gasteiger partial charge in [-0.05, 0) is 19.1 Å². The number of hydrogen-bond donors (Lipinski definition) is 1. The minimum atomic E-state index is -2.40. The lowest BCUT2D eigenvalue weighted by Crippen LogP contribution is -2.24. The molecule has 2 aromatic rings. The third kappa shape index (κ3) is 4.19. The molecule has 1 aromatic carbocycles. The van der Waals surface area contributed by atoms with Gasteiger partial charge in [-0.25, -0.2) is 13.8 Å². The summed E-state index contributed by atoms with van der Waals surface area (Å²) >= 11 is 1.64. The predicted octanol–water partition coefficient (Wildman–Crippen LogP) is 3.23. The number of alkyl halides is 2. The number of thiazole rings is 1. The van der Waals surface area contributed by atoms with E-state index in [4.69, 9.17) is 4.74 Å². The van der Waals surface area contributed by atoms with Crippen molar-refractivity contribution < 1.29 is 13.5 Å². The van der Waals surface area contributed by atoms with Crippen molar-refractivity contribution in [3.8, 4) is 0 Å². The molecule has 0 aliphatic carbocycles. The predicted molar refractivity (Wildman–Crippen MR) is 72.9 cm³/mol. The molecule has 0 amide bonds. The van der Waals surface area contributed by atoms with E-state index in [1.165, 1.54) is 0 Å². The van der Waals surface area contributed by atoms with Crippen molar-refractivity contribution in [1.82, 2.24) is 10.3 Å². The maximum absolute atomic E-state index is 11.9. The van der Waals surface area contributed by atoms with Crippen molar-refractivity contribution in [2.75, 3.05) is 19.8 Å². The highest BCUT2D eigenvalue weighted by atomic mass is 32.1. The first-order valence-electron chi connectivity index (χ1n) is 6.11. The summed E-state index contributed by atoms with van der Waals surface area (Å²) in [5.74, 6) is 0. The molecule has 1 unspecified atom stereocenters. The van der Waals surface area contributed by atoms with Gasteiger partial charge in [-0.15, -0.1) is 11.3 Å². The third-order valence-electron chi connectivity index (χ3n) is 2.62. The van der Waals surface area contributed by atoms with Crippen LogP contribution in [0.4, 0.5) is 8.78 Å². The molecule has 104 valence electrons. The lowest BCUT2D eigenvalue weighted by atomic mass is 10.3. The Bertz CT molecular complexity index is 485. The van der Waals surface area contributed by atoms with Gasteiger partial charge in [-0.1, -0.05) is 12.1 Å². The first kappa shape index (κ1) is 14.3. The highest BCUT2D eigenvalue weighted by molar-refractivity contribution is 7.18. The molecule has 0 aliphatic rings. The Balaban J connectivity index is 1.81. The molecule has 0 spiro atoms. The number of nitrogens with one attached hydrogen (secondary N) is 1.